The van der Waals surface area contributed by atoms with Gasteiger partial charge in [-0.1, -0.05) is 30.3 Å². The molecule has 3 rings (SSSR count). The number of carbonyl (C=O) groups is 1. The second-order valence-corrected chi connectivity index (χ2v) is 5.75. The summed E-state index contributed by atoms with van der Waals surface area (Å²) in [6, 6.07) is 11.4. The predicted octanol–water partition coefficient (Wildman–Crippen LogP) is 2.59. The van der Waals surface area contributed by atoms with Gasteiger partial charge in [0.15, 0.2) is 0 Å². The van der Waals surface area contributed by atoms with Crippen LogP contribution in [-0.2, 0) is 11.8 Å². The van der Waals surface area contributed by atoms with Crippen LogP contribution >= 0.6 is 0 Å². The van der Waals surface area contributed by atoms with E-state index in [9.17, 15) is 4.79 Å². The first kappa shape index (κ1) is 14.6. The van der Waals surface area contributed by atoms with Crippen molar-refractivity contribution >= 4 is 11.7 Å². The summed E-state index contributed by atoms with van der Waals surface area (Å²) in [4.78, 5) is 14.9. The van der Waals surface area contributed by atoms with Crippen molar-refractivity contribution in [1.82, 2.24) is 14.7 Å². The smallest absolute Gasteiger partial charge is 0.249 e. The highest BCUT2D eigenvalue weighted by atomic mass is 16.2. The molecule has 2 heterocycles. The van der Waals surface area contributed by atoms with Crippen molar-refractivity contribution < 1.29 is 4.79 Å². The number of carbonyl (C=O) groups excluding carboxylic acids is 1. The van der Waals surface area contributed by atoms with Gasteiger partial charge in [0.2, 0.25) is 5.91 Å². The van der Waals surface area contributed by atoms with Crippen LogP contribution in [-0.4, -0.2) is 33.7 Å². The Labute approximate surface area is 130 Å². The minimum atomic E-state index is -0.380. The molecule has 1 aromatic carbocycles. The minimum absolute atomic E-state index is 0.136. The van der Waals surface area contributed by atoms with Gasteiger partial charge in [-0.05, 0) is 24.8 Å². The van der Waals surface area contributed by atoms with E-state index in [0.717, 1.165) is 37.3 Å². The first-order valence-electron chi connectivity index (χ1n) is 7.84. The highest BCUT2D eigenvalue weighted by Gasteiger charge is 2.27. The van der Waals surface area contributed by atoms with Crippen molar-refractivity contribution in [1.29, 1.82) is 0 Å². The molecule has 0 saturated carbocycles. The number of rotatable bonds is 4. The molecule has 5 heteroatoms. The number of anilines is 1. The molecule has 2 aromatic rings. The fourth-order valence-electron chi connectivity index (χ4n) is 2.87. The standard InChI is InChI=1S/C17H22N4O/c1-20-13-10-15(19-20)18-16(14-8-4-2-5-9-14)17(22)21-11-6-3-7-12-21/h2,4-5,8-10,13,16H,3,6-7,11-12H2,1H3,(H,18,19)/t16-/m1/s1. The van der Waals surface area contributed by atoms with Crippen LogP contribution in [0.3, 0.4) is 0 Å². The molecule has 116 valence electrons. The Balaban J connectivity index is 1.83. The third-order valence-corrected chi connectivity index (χ3v) is 4.05. The first-order chi connectivity index (χ1) is 10.7. The van der Waals surface area contributed by atoms with Crippen LogP contribution in [0.1, 0.15) is 30.9 Å². The predicted molar refractivity (Wildman–Crippen MR) is 86.4 cm³/mol. The maximum atomic E-state index is 12.9. The van der Waals surface area contributed by atoms with E-state index in [4.69, 9.17) is 0 Å². The Morgan fingerprint density at radius 2 is 1.86 bits per heavy atom. The second-order valence-electron chi connectivity index (χ2n) is 5.75. The van der Waals surface area contributed by atoms with Crippen LogP contribution in [0.4, 0.5) is 5.82 Å². The summed E-state index contributed by atoms with van der Waals surface area (Å²) in [6.07, 6.45) is 5.27. The Bertz CT molecular complexity index is 617. The van der Waals surface area contributed by atoms with Crippen LogP contribution in [0.25, 0.3) is 0 Å². The lowest BCUT2D eigenvalue weighted by molar-refractivity contribution is -0.133. The number of hydrogen-bond donors (Lipinski definition) is 1. The number of nitrogens with one attached hydrogen (secondary N) is 1. The van der Waals surface area contributed by atoms with E-state index >= 15 is 0 Å². The van der Waals surface area contributed by atoms with E-state index in [2.05, 4.69) is 10.4 Å². The number of aryl methyl sites for hydroxylation is 1. The molecule has 1 fully saturated rings. The molecular weight excluding hydrogens is 276 g/mol. The molecule has 5 nitrogen and oxygen atoms in total. The van der Waals surface area contributed by atoms with Crippen LogP contribution in [0, 0.1) is 0 Å². The maximum Gasteiger partial charge on any atom is 0.249 e. The fourth-order valence-corrected chi connectivity index (χ4v) is 2.87. The van der Waals surface area contributed by atoms with Crippen molar-refractivity contribution in [3.8, 4) is 0 Å². The normalized spacial score (nSPS) is 16.3. The monoisotopic (exact) mass is 298 g/mol. The van der Waals surface area contributed by atoms with E-state index in [-0.39, 0.29) is 11.9 Å². The van der Waals surface area contributed by atoms with Crippen LogP contribution in [0.5, 0.6) is 0 Å². The van der Waals surface area contributed by atoms with Gasteiger partial charge in [-0.2, -0.15) is 5.10 Å². The Kier molecular flexibility index (Phi) is 4.42. The van der Waals surface area contributed by atoms with Gasteiger partial charge in [0, 0.05) is 32.4 Å². The van der Waals surface area contributed by atoms with E-state index in [1.54, 1.807) is 4.68 Å². The molecule has 0 radical (unpaired) electrons. The molecule has 1 amide bonds. The fraction of sp³-hybridized carbons (Fsp3) is 0.412. The van der Waals surface area contributed by atoms with Gasteiger partial charge in [0.25, 0.3) is 0 Å². The van der Waals surface area contributed by atoms with E-state index in [1.807, 2.05) is 54.5 Å². The first-order valence-corrected chi connectivity index (χ1v) is 7.84. The van der Waals surface area contributed by atoms with Gasteiger partial charge >= 0.3 is 0 Å². The number of amides is 1. The molecule has 0 unspecified atom stereocenters. The number of nitrogens with zero attached hydrogens (tertiary/aromatic N) is 3. The Hall–Kier alpha value is -2.30. The highest BCUT2D eigenvalue weighted by molar-refractivity contribution is 5.86. The summed E-state index contributed by atoms with van der Waals surface area (Å²) < 4.78 is 1.73. The highest BCUT2D eigenvalue weighted by Crippen LogP contribution is 2.22. The van der Waals surface area contributed by atoms with Crippen molar-refractivity contribution in [3.05, 3.63) is 48.2 Å². The average Bonchev–Trinajstić information content (AvgIpc) is 2.99. The molecule has 1 atom stereocenters. The zero-order valence-electron chi connectivity index (χ0n) is 12.9. The Morgan fingerprint density at radius 3 is 2.50 bits per heavy atom. The topological polar surface area (TPSA) is 50.2 Å². The van der Waals surface area contributed by atoms with Gasteiger partial charge in [-0.3, -0.25) is 9.48 Å². The summed E-state index contributed by atoms with van der Waals surface area (Å²) in [5.41, 5.74) is 0.976. The van der Waals surface area contributed by atoms with Gasteiger partial charge in [0.1, 0.15) is 11.9 Å². The summed E-state index contributed by atoms with van der Waals surface area (Å²) in [6.45, 7) is 1.71. The summed E-state index contributed by atoms with van der Waals surface area (Å²) in [5, 5.41) is 7.63. The number of hydrogen-bond acceptors (Lipinski definition) is 3. The molecule has 1 N–H and O–H groups in total. The van der Waals surface area contributed by atoms with Gasteiger partial charge in [0.05, 0.1) is 0 Å². The molecule has 22 heavy (non-hydrogen) atoms. The lowest BCUT2D eigenvalue weighted by Gasteiger charge is -2.31. The molecule has 0 bridgehead atoms. The Morgan fingerprint density at radius 1 is 1.14 bits per heavy atom. The second kappa shape index (κ2) is 6.64. The van der Waals surface area contributed by atoms with Gasteiger partial charge in [-0.15, -0.1) is 0 Å². The van der Waals surface area contributed by atoms with Crippen LogP contribution < -0.4 is 5.32 Å². The summed E-state index contributed by atoms with van der Waals surface area (Å²) >= 11 is 0. The third-order valence-electron chi connectivity index (χ3n) is 4.05. The number of benzene rings is 1. The summed E-state index contributed by atoms with van der Waals surface area (Å²) in [5.74, 6) is 0.860. The molecular formula is C17H22N4O. The molecule has 1 aliphatic heterocycles. The maximum absolute atomic E-state index is 12.9. The number of piperidine rings is 1. The van der Waals surface area contributed by atoms with E-state index in [1.165, 1.54) is 6.42 Å². The van der Waals surface area contributed by atoms with Crippen LogP contribution in [0.15, 0.2) is 42.6 Å². The SMILES string of the molecule is Cn1ccc(N[C@@H](C(=O)N2CCCCC2)c2ccccc2)n1. The van der Waals surface area contributed by atoms with Crippen LogP contribution in [0.2, 0.25) is 0 Å². The third kappa shape index (κ3) is 3.30. The molecule has 1 saturated heterocycles. The zero-order valence-corrected chi connectivity index (χ0v) is 12.9. The zero-order chi connectivity index (χ0) is 15.4. The molecule has 0 aliphatic carbocycles. The van der Waals surface area contributed by atoms with Crippen molar-refractivity contribution in [2.45, 2.75) is 25.3 Å². The number of likely N-dealkylation sites (tertiary alicyclic amines) is 1. The number of aromatic nitrogens is 2. The van der Waals surface area contributed by atoms with Crippen molar-refractivity contribution in [3.63, 3.8) is 0 Å². The quantitative estimate of drug-likeness (QED) is 0.944. The molecule has 1 aliphatic rings. The summed E-state index contributed by atoms with van der Waals surface area (Å²) in [7, 11) is 1.87. The van der Waals surface area contributed by atoms with E-state index in [0.29, 0.717) is 0 Å². The van der Waals surface area contributed by atoms with Crippen molar-refractivity contribution in [2.75, 3.05) is 18.4 Å². The minimum Gasteiger partial charge on any atom is -0.353 e. The average molecular weight is 298 g/mol. The van der Waals surface area contributed by atoms with Gasteiger partial charge in [-0.25, -0.2) is 0 Å². The van der Waals surface area contributed by atoms with Crippen molar-refractivity contribution in [2.24, 2.45) is 7.05 Å². The lowest BCUT2D eigenvalue weighted by Crippen LogP contribution is -2.41. The molecule has 0 spiro atoms. The largest absolute Gasteiger partial charge is 0.353 e. The van der Waals surface area contributed by atoms with Gasteiger partial charge < -0.3 is 10.2 Å². The molecule has 1 aromatic heterocycles. The lowest BCUT2D eigenvalue weighted by atomic mass is 10.0. The van der Waals surface area contributed by atoms with E-state index < -0.39 is 0 Å².